The lowest BCUT2D eigenvalue weighted by atomic mass is 10.0. The van der Waals surface area contributed by atoms with Crippen molar-refractivity contribution in [1.29, 1.82) is 0 Å². The second kappa shape index (κ2) is 6.89. The van der Waals surface area contributed by atoms with Gasteiger partial charge in [0.25, 0.3) is 0 Å². The SMILES string of the molecule is CC(N)c1ccc(CN(C)C2CN(C(=O)OC(C)(C)C)C2)cc1. The molecule has 0 spiro atoms. The predicted molar refractivity (Wildman–Crippen MR) is 92.1 cm³/mol. The molecule has 1 aliphatic heterocycles. The third-order valence-corrected chi connectivity index (χ3v) is 4.07. The van der Waals surface area contributed by atoms with Gasteiger partial charge < -0.3 is 15.4 Å². The average molecular weight is 319 g/mol. The van der Waals surface area contributed by atoms with Crippen molar-refractivity contribution in [2.24, 2.45) is 5.73 Å². The Hall–Kier alpha value is -1.59. The van der Waals surface area contributed by atoms with Gasteiger partial charge in [-0.05, 0) is 45.9 Å². The maximum Gasteiger partial charge on any atom is 0.410 e. The molecule has 1 aliphatic rings. The van der Waals surface area contributed by atoms with Crippen molar-refractivity contribution >= 4 is 6.09 Å². The van der Waals surface area contributed by atoms with E-state index in [1.54, 1.807) is 4.90 Å². The van der Waals surface area contributed by atoms with Crippen molar-refractivity contribution in [3.63, 3.8) is 0 Å². The third kappa shape index (κ3) is 4.94. The van der Waals surface area contributed by atoms with E-state index in [4.69, 9.17) is 10.5 Å². The van der Waals surface area contributed by atoms with Gasteiger partial charge in [-0.2, -0.15) is 0 Å². The predicted octanol–water partition coefficient (Wildman–Crippen LogP) is 2.76. The van der Waals surface area contributed by atoms with Crippen LogP contribution in [-0.2, 0) is 11.3 Å². The largest absolute Gasteiger partial charge is 0.444 e. The smallest absolute Gasteiger partial charge is 0.410 e. The van der Waals surface area contributed by atoms with Crippen LogP contribution in [0.4, 0.5) is 4.79 Å². The van der Waals surface area contributed by atoms with Crippen molar-refractivity contribution in [2.75, 3.05) is 20.1 Å². The van der Waals surface area contributed by atoms with E-state index in [2.05, 4.69) is 36.2 Å². The van der Waals surface area contributed by atoms with Crippen molar-refractivity contribution in [2.45, 2.75) is 51.9 Å². The van der Waals surface area contributed by atoms with Gasteiger partial charge in [0.05, 0.1) is 0 Å². The zero-order valence-corrected chi connectivity index (χ0v) is 14.9. The van der Waals surface area contributed by atoms with Crippen molar-refractivity contribution in [1.82, 2.24) is 9.80 Å². The molecule has 1 unspecified atom stereocenters. The molecule has 1 aromatic rings. The molecule has 0 bridgehead atoms. The van der Waals surface area contributed by atoms with Crippen LogP contribution >= 0.6 is 0 Å². The Bertz CT molecular complexity index is 528. The molecule has 1 atom stereocenters. The quantitative estimate of drug-likeness (QED) is 0.927. The number of hydrogen-bond donors (Lipinski definition) is 1. The molecule has 128 valence electrons. The van der Waals surface area contributed by atoms with Gasteiger partial charge in [0, 0.05) is 31.7 Å². The van der Waals surface area contributed by atoms with Crippen molar-refractivity contribution in [3.8, 4) is 0 Å². The Morgan fingerprint density at radius 1 is 1.35 bits per heavy atom. The number of carbonyl (C=O) groups excluding carboxylic acids is 1. The van der Waals surface area contributed by atoms with Gasteiger partial charge in [0.1, 0.15) is 5.60 Å². The Balaban J connectivity index is 1.80. The number of hydrogen-bond acceptors (Lipinski definition) is 4. The zero-order valence-electron chi connectivity index (χ0n) is 14.9. The van der Waals surface area contributed by atoms with E-state index in [0.717, 1.165) is 25.2 Å². The topological polar surface area (TPSA) is 58.8 Å². The summed E-state index contributed by atoms with van der Waals surface area (Å²) in [4.78, 5) is 16.0. The Labute approximate surface area is 139 Å². The highest BCUT2D eigenvalue weighted by atomic mass is 16.6. The van der Waals surface area contributed by atoms with Crippen LogP contribution in [0, 0.1) is 0 Å². The van der Waals surface area contributed by atoms with Gasteiger partial charge in [-0.15, -0.1) is 0 Å². The summed E-state index contributed by atoms with van der Waals surface area (Å²) in [5.41, 5.74) is 7.84. The summed E-state index contributed by atoms with van der Waals surface area (Å²) in [6.45, 7) is 9.97. The van der Waals surface area contributed by atoms with E-state index >= 15 is 0 Å². The van der Waals surface area contributed by atoms with E-state index in [9.17, 15) is 4.79 Å². The molecule has 1 saturated heterocycles. The van der Waals surface area contributed by atoms with Crippen molar-refractivity contribution < 1.29 is 9.53 Å². The van der Waals surface area contributed by atoms with Gasteiger partial charge >= 0.3 is 6.09 Å². The van der Waals surface area contributed by atoms with Crippen LogP contribution < -0.4 is 5.73 Å². The first-order valence-corrected chi connectivity index (χ1v) is 8.18. The van der Waals surface area contributed by atoms with E-state index < -0.39 is 5.60 Å². The summed E-state index contributed by atoms with van der Waals surface area (Å²) in [7, 11) is 2.09. The third-order valence-electron chi connectivity index (χ3n) is 4.07. The Morgan fingerprint density at radius 2 is 1.91 bits per heavy atom. The van der Waals surface area contributed by atoms with Gasteiger partial charge in [-0.3, -0.25) is 4.90 Å². The van der Waals surface area contributed by atoms with E-state index in [1.165, 1.54) is 5.56 Å². The van der Waals surface area contributed by atoms with Gasteiger partial charge in [0.2, 0.25) is 0 Å². The first kappa shape index (κ1) is 17.8. The minimum absolute atomic E-state index is 0.0656. The van der Waals surface area contributed by atoms with Crippen molar-refractivity contribution in [3.05, 3.63) is 35.4 Å². The molecule has 2 rings (SSSR count). The molecular weight excluding hydrogens is 290 g/mol. The van der Waals surface area contributed by atoms with Gasteiger partial charge in [-0.1, -0.05) is 24.3 Å². The summed E-state index contributed by atoms with van der Waals surface area (Å²) in [5.74, 6) is 0. The van der Waals surface area contributed by atoms with Crippen LogP contribution in [-0.4, -0.2) is 47.7 Å². The molecule has 0 aliphatic carbocycles. The average Bonchev–Trinajstić information content (AvgIpc) is 2.35. The molecule has 5 heteroatoms. The molecule has 1 aromatic carbocycles. The van der Waals surface area contributed by atoms with Crippen LogP contribution in [0.1, 0.15) is 44.9 Å². The van der Waals surface area contributed by atoms with Crippen LogP contribution in [0.15, 0.2) is 24.3 Å². The highest BCUT2D eigenvalue weighted by molar-refractivity contribution is 5.69. The zero-order chi connectivity index (χ0) is 17.2. The maximum absolute atomic E-state index is 11.9. The number of benzene rings is 1. The van der Waals surface area contributed by atoms with Crippen LogP contribution in [0.25, 0.3) is 0 Å². The minimum Gasteiger partial charge on any atom is -0.444 e. The fraction of sp³-hybridized carbons (Fsp3) is 0.611. The molecule has 0 radical (unpaired) electrons. The molecule has 0 saturated carbocycles. The highest BCUT2D eigenvalue weighted by Crippen LogP contribution is 2.20. The summed E-state index contributed by atoms with van der Waals surface area (Å²) in [5, 5.41) is 0. The molecule has 2 N–H and O–H groups in total. The lowest BCUT2D eigenvalue weighted by Crippen LogP contribution is -2.60. The highest BCUT2D eigenvalue weighted by Gasteiger charge is 2.35. The van der Waals surface area contributed by atoms with Crippen LogP contribution in [0.5, 0.6) is 0 Å². The second-order valence-electron chi connectivity index (χ2n) is 7.48. The number of carbonyl (C=O) groups is 1. The number of amides is 1. The molecule has 23 heavy (non-hydrogen) atoms. The standard InChI is InChI=1S/C18H29N3O2/c1-13(19)15-8-6-14(7-9-15)10-20(5)16-11-21(12-16)17(22)23-18(2,3)4/h6-9,13,16H,10-12,19H2,1-5H3. The molecule has 0 aromatic heterocycles. The van der Waals surface area contributed by atoms with E-state index in [1.807, 2.05) is 27.7 Å². The first-order valence-electron chi connectivity index (χ1n) is 8.18. The number of nitrogens with two attached hydrogens (primary N) is 1. The minimum atomic E-state index is -0.435. The summed E-state index contributed by atoms with van der Waals surface area (Å²) < 4.78 is 5.38. The molecular formula is C18H29N3O2. The number of likely N-dealkylation sites (tertiary alicyclic amines) is 1. The fourth-order valence-corrected chi connectivity index (χ4v) is 2.55. The van der Waals surface area contributed by atoms with Crippen LogP contribution in [0.2, 0.25) is 0 Å². The summed E-state index contributed by atoms with van der Waals surface area (Å²) in [6.07, 6.45) is -0.219. The Morgan fingerprint density at radius 3 is 2.39 bits per heavy atom. The lowest BCUT2D eigenvalue weighted by Gasteiger charge is -2.44. The maximum atomic E-state index is 11.9. The fourth-order valence-electron chi connectivity index (χ4n) is 2.55. The molecule has 5 nitrogen and oxygen atoms in total. The summed E-state index contributed by atoms with van der Waals surface area (Å²) >= 11 is 0. The molecule has 1 heterocycles. The lowest BCUT2D eigenvalue weighted by molar-refractivity contribution is -0.0120. The number of nitrogens with zero attached hydrogens (tertiary/aromatic N) is 2. The normalized spacial score (nSPS) is 17.1. The molecule has 1 fully saturated rings. The molecule has 1 amide bonds. The van der Waals surface area contributed by atoms with E-state index in [-0.39, 0.29) is 12.1 Å². The Kier molecular flexibility index (Phi) is 5.32. The van der Waals surface area contributed by atoms with E-state index in [0.29, 0.717) is 6.04 Å². The monoisotopic (exact) mass is 319 g/mol. The first-order chi connectivity index (χ1) is 10.7. The number of rotatable bonds is 4. The number of ether oxygens (including phenoxy) is 1. The summed E-state index contributed by atoms with van der Waals surface area (Å²) in [6, 6.07) is 8.87. The van der Waals surface area contributed by atoms with Crippen LogP contribution in [0.3, 0.4) is 0 Å². The van der Waals surface area contributed by atoms with Gasteiger partial charge in [-0.25, -0.2) is 4.79 Å². The van der Waals surface area contributed by atoms with Gasteiger partial charge in [0.15, 0.2) is 0 Å². The number of likely N-dealkylation sites (N-methyl/N-ethyl adjacent to an activating group) is 1. The second-order valence-corrected chi connectivity index (χ2v) is 7.48.